The molecule has 0 atom stereocenters. The monoisotopic (exact) mass is 519 g/mol. The Morgan fingerprint density at radius 3 is 2.34 bits per heavy atom. The van der Waals surface area contributed by atoms with Gasteiger partial charge in [0.05, 0.1) is 12.1 Å². The van der Waals surface area contributed by atoms with Gasteiger partial charge in [-0.25, -0.2) is 9.79 Å². The minimum atomic E-state index is -0.523. The van der Waals surface area contributed by atoms with E-state index < -0.39 is 17.2 Å². The van der Waals surface area contributed by atoms with Crippen molar-refractivity contribution in [1.29, 1.82) is 0 Å². The molecule has 1 aromatic rings. The van der Waals surface area contributed by atoms with Gasteiger partial charge in [-0.2, -0.15) is 0 Å². The number of nitrogens with one attached hydrogen (secondary N) is 3. The number of halogens is 1. The van der Waals surface area contributed by atoms with E-state index in [4.69, 9.17) is 4.74 Å². The van der Waals surface area contributed by atoms with Crippen LogP contribution >= 0.6 is 24.0 Å². The number of nitrogens with zero attached hydrogens (tertiary/aromatic N) is 2. The van der Waals surface area contributed by atoms with Crippen LogP contribution in [0.4, 0.5) is 10.5 Å². The average Bonchev–Trinajstić information content (AvgIpc) is 2.55. The number of guanidine groups is 1. The molecule has 1 aromatic carbocycles. The van der Waals surface area contributed by atoms with Crippen LogP contribution in [0.5, 0.6) is 0 Å². The summed E-state index contributed by atoms with van der Waals surface area (Å²) in [6.45, 7) is 13.3. The molecule has 8 heteroatoms. The molecule has 0 heterocycles. The van der Waals surface area contributed by atoms with E-state index in [0.717, 1.165) is 17.8 Å². The van der Waals surface area contributed by atoms with Crippen molar-refractivity contribution in [3.05, 3.63) is 29.8 Å². The van der Waals surface area contributed by atoms with Crippen LogP contribution in [0.3, 0.4) is 0 Å². The fourth-order valence-corrected chi connectivity index (χ4v) is 2.37. The molecule has 0 aliphatic heterocycles. The number of aliphatic imine (C=N–C) groups is 1. The average molecular weight is 519 g/mol. The molecule has 0 bridgehead atoms. The lowest BCUT2D eigenvalue weighted by Crippen LogP contribution is -2.54. The second-order valence-corrected chi connectivity index (χ2v) is 8.62. The molecule has 29 heavy (non-hydrogen) atoms. The molecule has 0 fully saturated rings. The zero-order chi connectivity index (χ0) is 21.4. The van der Waals surface area contributed by atoms with Crippen molar-refractivity contribution in [2.75, 3.05) is 32.1 Å². The number of ether oxygens (including phenoxy) is 1. The van der Waals surface area contributed by atoms with Crippen LogP contribution in [-0.2, 0) is 11.3 Å². The number of anilines is 1. The summed E-state index contributed by atoms with van der Waals surface area (Å²) in [6, 6.07) is 8.30. The lowest BCUT2D eigenvalue weighted by Gasteiger charge is -2.29. The molecule has 0 aliphatic carbocycles. The predicted molar refractivity (Wildman–Crippen MR) is 132 cm³/mol. The number of hydrogen-bond acceptors (Lipinski definition) is 4. The number of benzene rings is 1. The highest BCUT2D eigenvalue weighted by molar-refractivity contribution is 14.0. The van der Waals surface area contributed by atoms with Crippen LogP contribution in [-0.4, -0.2) is 50.4 Å². The van der Waals surface area contributed by atoms with Crippen molar-refractivity contribution in [3.63, 3.8) is 0 Å². The van der Waals surface area contributed by atoms with Crippen molar-refractivity contribution >= 4 is 41.7 Å². The Hall–Kier alpha value is -1.71. The molecule has 7 nitrogen and oxygen atoms in total. The highest BCUT2D eigenvalue weighted by atomic mass is 127. The Labute approximate surface area is 193 Å². The van der Waals surface area contributed by atoms with Gasteiger partial charge in [0.15, 0.2) is 5.96 Å². The van der Waals surface area contributed by atoms with Gasteiger partial charge in [-0.3, -0.25) is 0 Å². The Morgan fingerprint density at radius 1 is 1.14 bits per heavy atom. The largest absolute Gasteiger partial charge is 0.444 e. The topological polar surface area (TPSA) is 78.0 Å². The third-order valence-electron chi connectivity index (χ3n) is 3.73. The zero-order valence-corrected chi connectivity index (χ0v) is 21.4. The maximum absolute atomic E-state index is 12.0. The standard InChI is InChI=1S/C21H37N5O2.HI/c1-9-22-18(23-14-16-11-10-12-17(13-16)26(7)8)24-15-21(5,6)25-19(27)28-20(2,3)4;/h10-13H,9,14-15H2,1-8H3,(H,25,27)(H2,22,23,24);1H. The quantitative estimate of drug-likeness (QED) is 0.291. The molecule has 0 saturated heterocycles. The number of amides is 1. The van der Waals surface area contributed by atoms with Gasteiger partial charge in [-0.05, 0) is 59.2 Å². The van der Waals surface area contributed by atoms with Gasteiger partial charge in [0.25, 0.3) is 0 Å². The van der Waals surface area contributed by atoms with E-state index in [-0.39, 0.29) is 24.0 Å². The lowest BCUT2D eigenvalue weighted by molar-refractivity contribution is 0.0474. The maximum Gasteiger partial charge on any atom is 0.408 e. The van der Waals surface area contributed by atoms with Crippen molar-refractivity contribution < 1.29 is 9.53 Å². The van der Waals surface area contributed by atoms with Crippen molar-refractivity contribution in [2.24, 2.45) is 4.99 Å². The summed E-state index contributed by atoms with van der Waals surface area (Å²) in [6.07, 6.45) is -0.429. The van der Waals surface area contributed by atoms with Crippen LogP contribution in [0.2, 0.25) is 0 Å². The third kappa shape index (κ3) is 11.8. The Kier molecular flexibility index (Phi) is 11.4. The normalized spacial score (nSPS) is 11.9. The van der Waals surface area contributed by atoms with E-state index in [0.29, 0.717) is 19.0 Å². The van der Waals surface area contributed by atoms with Crippen molar-refractivity contribution in [1.82, 2.24) is 16.0 Å². The van der Waals surface area contributed by atoms with Crippen LogP contribution in [0, 0.1) is 0 Å². The number of carbonyl (C=O) groups excluding carboxylic acids is 1. The van der Waals surface area contributed by atoms with E-state index in [1.54, 1.807) is 0 Å². The molecule has 0 aliphatic rings. The molecular formula is C21H38IN5O2. The first-order valence-electron chi connectivity index (χ1n) is 9.71. The van der Waals surface area contributed by atoms with E-state index in [9.17, 15) is 4.79 Å². The summed E-state index contributed by atoms with van der Waals surface area (Å²) < 4.78 is 5.34. The van der Waals surface area contributed by atoms with Gasteiger partial charge in [-0.1, -0.05) is 12.1 Å². The van der Waals surface area contributed by atoms with Crippen LogP contribution < -0.4 is 20.9 Å². The molecule has 0 saturated carbocycles. The minimum Gasteiger partial charge on any atom is -0.444 e. The summed E-state index contributed by atoms with van der Waals surface area (Å²) in [5.41, 5.74) is 1.26. The summed E-state index contributed by atoms with van der Waals surface area (Å²) >= 11 is 0. The molecule has 0 spiro atoms. The van der Waals surface area contributed by atoms with Gasteiger partial charge in [0.1, 0.15) is 5.60 Å². The van der Waals surface area contributed by atoms with Gasteiger partial charge >= 0.3 is 6.09 Å². The molecule has 166 valence electrons. The summed E-state index contributed by atoms with van der Waals surface area (Å²) in [5.74, 6) is 0.705. The summed E-state index contributed by atoms with van der Waals surface area (Å²) in [5, 5.41) is 9.43. The zero-order valence-electron chi connectivity index (χ0n) is 19.0. The first-order chi connectivity index (χ1) is 12.9. The minimum absolute atomic E-state index is 0. The highest BCUT2D eigenvalue weighted by Gasteiger charge is 2.24. The molecule has 0 unspecified atom stereocenters. The van der Waals surface area contributed by atoms with E-state index >= 15 is 0 Å². The number of rotatable bonds is 7. The number of alkyl carbamates (subject to hydrolysis) is 1. The first kappa shape index (κ1) is 27.3. The molecule has 3 N–H and O–H groups in total. The number of hydrogen-bond donors (Lipinski definition) is 3. The van der Waals surface area contributed by atoms with Crippen LogP contribution in [0.15, 0.2) is 29.3 Å². The van der Waals surface area contributed by atoms with Gasteiger partial charge in [-0.15, -0.1) is 24.0 Å². The van der Waals surface area contributed by atoms with Gasteiger partial charge in [0, 0.05) is 32.9 Å². The third-order valence-corrected chi connectivity index (χ3v) is 3.73. The molecule has 0 radical (unpaired) electrons. The smallest absolute Gasteiger partial charge is 0.408 e. The van der Waals surface area contributed by atoms with Crippen LogP contribution in [0.1, 0.15) is 47.1 Å². The maximum atomic E-state index is 12.0. The Bertz CT molecular complexity index is 669. The molecule has 0 aromatic heterocycles. The predicted octanol–water partition coefficient (Wildman–Crippen LogP) is 3.73. The SMILES string of the molecule is CCNC(=NCc1cccc(N(C)C)c1)NCC(C)(C)NC(=O)OC(C)(C)C.I. The summed E-state index contributed by atoms with van der Waals surface area (Å²) in [7, 11) is 4.04. The van der Waals surface area contributed by atoms with Crippen LogP contribution in [0.25, 0.3) is 0 Å². The second-order valence-electron chi connectivity index (χ2n) is 8.62. The van der Waals surface area contributed by atoms with E-state index in [2.05, 4.69) is 44.0 Å². The fourth-order valence-electron chi connectivity index (χ4n) is 2.37. The highest BCUT2D eigenvalue weighted by Crippen LogP contribution is 2.14. The summed E-state index contributed by atoms with van der Waals surface area (Å²) in [4.78, 5) is 18.8. The van der Waals surface area contributed by atoms with Crippen molar-refractivity contribution in [2.45, 2.75) is 59.2 Å². The van der Waals surface area contributed by atoms with Crippen molar-refractivity contribution in [3.8, 4) is 0 Å². The lowest BCUT2D eigenvalue weighted by atomic mass is 10.1. The Balaban J connectivity index is 0.00000784. The van der Waals surface area contributed by atoms with E-state index in [1.807, 2.05) is 61.7 Å². The number of carbonyl (C=O) groups is 1. The molecule has 1 amide bonds. The fraction of sp³-hybridized carbons (Fsp3) is 0.619. The van der Waals surface area contributed by atoms with Gasteiger partial charge < -0.3 is 25.6 Å². The van der Waals surface area contributed by atoms with Gasteiger partial charge in [0.2, 0.25) is 0 Å². The first-order valence-corrected chi connectivity index (χ1v) is 9.71. The molecule has 1 rings (SSSR count). The Morgan fingerprint density at radius 2 is 1.79 bits per heavy atom. The second kappa shape index (κ2) is 12.1. The van der Waals surface area contributed by atoms with E-state index in [1.165, 1.54) is 0 Å². The molecular weight excluding hydrogens is 481 g/mol.